The lowest BCUT2D eigenvalue weighted by molar-refractivity contribution is 0.0915. The molecule has 0 saturated heterocycles. The second kappa shape index (κ2) is 6.31. The number of aryl methyl sites for hydroxylation is 2. The van der Waals surface area contributed by atoms with Gasteiger partial charge < -0.3 is 0 Å². The van der Waals surface area contributed by atoms with Crippen molar-refractivity contribution in [2.45, 2.75) is 46.6 Å². The molecular formula is C14H23NOS. The standard InChI is InChI=1S/C14H23NOS/c1-6-12(7-2)15(5)9-14(16)13-8-10(3)17-11(13)4/h8,12H,6-7,9H2,1-5H3. The van der Waals surface area contributed by atoms with Gasteiger partial charge in [0.25, 0.3) is 0 Å². The van der Waals surface area contributed by atoms with E-state index >= 15 is 0 Å². The maximum absolute atomic E-state index is 12.2. The minimum Gasteiger partial charge on any atom is -0.296 e. The molecule has 1 aromatic rings. The summed E-state index contributed by atoms with van der Waals surface area (Å²) >= 11 is 1.71. The molecule has 2 nitrogen and oxygen atoms in total. The van der Waals surface area contributed by atoms with E-state index in [-0.39, 0.29) is 5.78 Å². The fraction of sp³-hybridized carbons (Fsp3) is 0.643. The first-order chi connectivity index (χ1) is 7.99. The van der Waals surface area contributed by atoms with Crippen LogP contribution in [0.3, 0.4) is 0 Å². The SMILES string of the molecule is CCC(CC)N(C)CC(=O)c1cc(C)sc1C. The summed E-state index contributed by atoms with van der Waals surface area (Å²) in [5, 5.41) is 0. The summed E-state index contributed by atoms with van der Waals surface area (Å²) in [6.07, 6.45) is 2.20. The maximum atomic E-state index is 12.2. The molecule has 3 heteroatoms. The molecular weight excluding hydrogens is 230 g/mol. The third kappa shape index (κ3) is 3.65. The number of likely N-dealkylation sites (N-methyl/N-ethyl adjacent to an activating group) is 1. The van der Waals surface area contributed by atoms with Crippen LogP contribution in [0.2, 0.25) is 0 Å². The van der Waals surface area contributed by atoms with Gasteiger partial charge in [-0.15, -0.1) is 11.3 Å². The molecule has 0 N–H and O–H groups in total. The third-order valence-corrected chi connectivity index (χ3v) is 4.27. The normalized spacial score (nSPS) is 11.5. The van der Waals surface area contributed by atoms with Crippen molar-refractivity contribution in [2.75, 3.05) is 13.6 Å². The molecule has 0 unspecified atom stereocenters. The summed E-state index contributed by atoms with van der Waals surface area (Å²) < 4.78 is 0. The van der Waals surface area contributed by atoms with Crippen LogP contribution in [0, 0.1) is 13.8 Å². The van der Waals surface area contributed by atoms with Crippen LogP contribution in [-0.2, 0) is 0 Å². The lowest BCUT2D eigenvalue weighted by atomic mass is 10.1. The van der Waals surface area contributed by atoms with Crippen LogP contribution in [0.1, 0.15) is 46.8 Å². The number of nitrogens with zero attached hydrogens (tertiary/aromatic N) is 1. The minimum absolute atomic E-state index is 0.251. The number of carbonyl (C=O) groups is 1. The molecule has 0 aliphatic carbocycles. The van der Waals surface area contributed by atoms with Crippen molar-refractivity contribution in [3.63, 3.8) is 0 Å². The molecule has 0 bridgehead atoms. The molecule has 0 radical (unpaired) electrons. The Morgan fingerprint density at radius 3 is 2.35 bits per heavy atom. The van der Waals surface area contributed by atoms with Gasteiger partial charge in [0.2, 0.25) is 0 Å². The molecule has 0 aliphatic rings. The highest BCUT2D eigenvalue weighted by Gasteiger charge is 2.17. The number of ketones is 1. The quantitative estimate of drug-likeness (QED) is 0.721. The molecule has 0 atom stereocenters. The van der Waals surface area contributed by atoms with Crippen molar-refractivity contribution >= 4 is 17.1 Å². The average molecular weight is 253 g/mol. The Balaban J connectivity index is 2.69. The Bertz CT molecular complexity index is 380. The van der Waals surface area contributed by atoms with Crippen LogP contribution in [0.5, 0.6) is 0 Å². The van der Waals surface area contributed by atoms with E-state index in [2.05, 4.69) is 25.7 Å². The van der Waals surface area contributed by atoms with Gasteiger partial charge in [-0.05, 0) is 39.8 Å². The first-order valence-electron chi connectivity index (χ1n) is 6.30. The zero-order chi connectivity index (χ0) is 13.0. The van der Waals surface area contributed by atoms with Gasteiger partial charge in [0.05, 0.1) is 6.54 Å². The molecule has 0 aliphatic heterocycles. The number of carbonyl (C=O) groups excluding carboxylic acids is 1. The molecule has 1 aromatic heterocycles. The highest BCUT2D eigenvalue weighted by molar-refractivity contribution is 7.12. The minimum atomic E-state index is 0.251. The van der Waals surface area contributed by atoms with Crippen molar-refractivity contribution in [1.82, 2.24) is 4.90 Å². The molecule has 0 saturated carbocycles. The lowest BCUT2D eigenvalue weighted by Crippen LogP contribution is -2.35. The van der Waals surface area contributed by atoms with Crippen LogP contribution in [0.4, 0.5) is 0 Å². The number of hydrogen-bond acceptors (Lipinski definition) is 3. The van der Waals surface area contributed by atoms with Crippen LogP contribution in [-0.4, -0.2) is 30.3 Å². The highest BCUT2D eigenvalue weighted by atomic mass is 32.1. The molecule has 96 valence electrons. The predicted octanol–water partition coefficient (Wildman–Crippen LogP) is 3.67. The Morgan fingerprint density at radius 2 is 1.94 bits per heavy atom. The molecule has 0 aromatic carbocycles. The van der Waals surface area contributed by atoms with Gasteiger partial charge in [-0.25, -0.2) is 0 Å². The zero-order valence-electron chi connectivity index (χ0n) is 11.5. The van der Waals surface area contributed by atoms with Crippen LogP contribution in [0.25, 0.3) is 0 Å². The topological polar surface area (TPSA) is 20.3 Å². The van der Waals surface area contributed by atoms with Gasteiger partial charge in [-0.1, -0.05) is 13.8 Å². The number of rotatable bonds is 6. The lowest BCUT2D eigenvalue weighted by Gasteiger charge is -2.25. The van der Waals surface area contributed by atoms with E-state index in [1.54, 1.807) is 11.3 Å². The third-order valence-electron chi connectivity index (χ3n) is 3.30. The average Bonchev–Trinajstić information content (AvgIpc) is 2.59. The van der Waals surface area contributed by atoms with Crippen molar-refractivity contribution in [2.24, 2.45) is 0 Å². The van der Waals surface area contributed by atoms with E-state index in [9.17, 15) is 4.79 Å². The highest BCUT2D eigenvalue weighted by Crippen LogP contribution is 2.21. The number of hydrogen-bond donors (Lipinski definition) is 0. The molecule has 0 fully saturated rings. The van der Waals surface area contributed by atoms with Crippen molar-refractivity contribution in [3.8, 4) is 0 Å². The molecule has 17 heavy (non-hydrogen) atoms. The van der Waals surface area contributed by atoms with E-state index in [0.29, 0.717) is 12.6 Å². The predicted molar refractivity (Wildman–Crippen MR) is 75.1 cm³/mol. The summed E-state index contributed by atoms with van der Waals surface area (Å²) in [4.78, 5) is 16.7. The summed E-state index contributed by atoms with van der Waals surface area (Å²) in [6, 6.07) is 2.53. The fourth-order valence-electron chi connectivity index (χ4n) is 2.26. The van der Waals surface area contributed by atoms with E-state index in [4.69, 9.17) is 0 Å². The summed E-state index contributed by atoms with van der Waals surface area (Å²) in [6.45, 7) is 8.97. The number of Topliss-reactive ketones (excluding diaryl/α,β-unsaturated/α-hetero) is 1. The second-order valence-corrected chi connectivity index (χ2v) is 6.10. The molecule has 1 rings (SSSR count). The Labute approximate surface area is 109 Å². The Kier molecular flexibility index (Phi) is 5.34. The Morgan fingerprint density at radius 1 is 1.35 bits per heavy atom. The summed E-state index contributed by atoms with van der Waals surface area (Å²) in [5.41, 5.74) is 0.908. The van der Waals surface area contributed by atoms with Gasteiger partial charge in [-0.3, -0.25) is 9.69 Å². The van der Waals surface area contributed by atoms with E-state index in [1.807, 2.05) is 20.0 Å². The van der Waals surface area contributed by atoms with E-state index in [1.165, 1.54) is 4.88 Å². The van der Waals surface area contributed by atoms with Crippen molar-refractivity contribution < 1.29 is 4.79 Å². The smallest absolute Gasteiger partial charge is 0.177 e. The second-order valence-electron chi connectivity index (χ2n) is 4.64. The molecule has 0 amide bonds. The summed E-state index contributed by atoms with van der Waals surface area (Å²) in [5.74, 6) is 0.251. The van der Waals surface area contributed by atoms with E-state index < -0.39 is 0 Å². The van der Waals surface area contributed by atoms with Gasteiger partial charge in [-0.2, -0.15) is 0 Å². The largest absolute Gasteiger partial charge is 0.296 e. The molecule has 0 spiro atoms. The van der Waals surface area contributed by atoms with Crippen molar-refractivity contribution in [3.05, 3.63) is 21.4 Å². The van der Waals surface area contributed by atoms with Gasteiger partial charge in [0.15, 0.2) is 5.78 Å². The first-order valence-corrected chi connectivity index (χ1v) is 7.11. The first kappa shape index (κ1) is 14.4. The monoisotopic (exact) mass is 253 g/mol. The summed E-state index contributed by atoms with van der Waals surface area (Å²) in [7, 11) is 2.05. The van der Waals surface area contributed by atoms with E-state index in [0.717, 1.165) is 23.3 Å². The number of thiophene rings is 1. The zero-order valence-corrected chi connectivity index (χ0v) is 12.4. The van der Waals surface area contributed by atoms with Crippen LogP contribution >= 0.6 is 11.3 Å². The fourth-order valence-corrected chi connectivity index (χ4v) is 3.20. The van der Waals surface area contributed by atoms with Crippen molar-refractivity contribution in [1.29, 1.82) is 0 Å². The van der Waals surface area contributed by atoms with Gasteiger partial charge in [0.1, 0.15) is 0 Å². The van der Waals surface area contributed by atoms with Crippen LogP contribution in [0.15, 0.2) is 6.07 Å². The van der Waals surface area contributed by atoms with Gasteiger partial charge in [0, 0.05) is 21.4 Å². The Hall–Kier alpha value is -0.670. The van der Waals surface area contributed by atoms with Crippen LogP contribution < -0.4 is 0 Å². The van der Waals surface area contributed by atoms with Gasteiger partial charge >= 0.3 is 0 Å². The molecule has 1 heterocycles. The maximum Gasteiger partial charge on any atom is 0.177 e.